The van der Waals surface area contributed by atoms with Crippen molar-refractivity contribution in [1.29, 1.82) is 0 Å². The summed E-state index contributed by atoms with van der Waals surface area (Å²) in [6.45, 7) is 7.91. The molecule has 0 atom stereocenters. The Hall–Kier alpha value is -4.35. The summed E-state index contributed by atoms with van der Waals surface area (Å²) in [4.78, 5) is 20.4. The lowest BCUT2D eigenvalue weighted by atomic mass is 9.97. The molecule has 0 aliphatic heterocycles. The second-order valence-electron chi connectivity index (χ2n) is 7.17. The number of pyridine rings is 1. The van der Waals surface area contributed by atoms with Gasteiger partial charge in [0.05, 0.1) is 35.1 Å². The van der Waals surface area contributed by atoms with E-state index >= 15 is 0 Å². The number of nitrogens with two attached hydrogens (primary N) is 1. The van der Waals surface area contributed by atoms with Crippen LogP contribution in [0.2, 0.25) is 0 Å². The number of benzene rings is 2. The molecule has 0 fully saturated rings. The molecule has 150 valence electrons. The number of aromatic amines is 1. The van der Waals surface area contributed by atoms with Gasteiger partial charge in [-0.05, 0) is 41.3 Å². The maximum absolute atomic E-state index is 12.2. The van der Waals surface area contributed by atoms with E-state index in [4.69, 9.17) is 12.3 Å². The number of H-pyrrole nitrogens is 1. The van der Waals surface area contributed by atoms with Crippen LogP contribution in [0.25, 0.3) is 48.9 Å². The minimum absolute atomic E-state index is 0.203. The molecule has 0 amide bonds. The number of nitrogens with zero attached hydrogens (tertiary/aromatic N) is 5. The van der Waals surface area contributed by atoms with Crippen molar-refractivity contribution in [3.05, 3.63) is 82.3 Å². The molecule has 5 rings (SSSR count). The lowest BCUT2D eigenvalue weighted by Crippen LogP contribution is -2.13. The Labute approximate surface area is 176 Å². The van der Waals surface area contributed by atoms with Crippen LogP contribution in [0.5, 0.6) is 0 Å². The summed E-state index contributed by atoms with van der Waals surface area (Å²) in [6, 6.07) is 13.1. The van der Waals surface area contributed by atoms with Crippen molar-refractivity contribution in [3.8, 4) is 22.4 Å². The highest BCUT2D eigenvalue weighted by Crippen LogP contribution is 2.39. The average Bonchev–Trinajstić information content (AvgIpc) is 3.19. The zero-order chi connectivity index (χ0) is 21.5. The molecule has 2 aromatic carbocycles. The fraction of sp³-hybridized carbons (Fsp3) is 0.0870. The molecule has 0 bridgehead atoms. The Morgan fingerprint density at radius 2 is 2.03 bits per heavy atom. The first-order valence-electron chi connectivity index (χ1n) is 9.61. The third-order valence-electron chi connectivity index (χ3n) is 5.41. The fourth-order valence-electron chi connectivity index (χ4n) is 3.90. The van der Waals surface area contributed by atoms with E-state index in [0.717, 1.165) is 33.3 Å². The zero-order valence-electron chi connectivity index (χ0n) is 16.6. The van der Waals surface area contributed by atoms with Gasteiger partial charge in [0.2, 0.25) is 0 Å². The number of fused-ring (bicyclic) bond motifs is 2. The molecule has 31 heavy (non-hydrogen) atoms. The first-order valence-corrected chi connectivity index (χ1v) is 9.61. The van der Waals surface area contributed by atoms with Crippen molar-refractivity contribution in [3.63, 3.8) is 0 Å². The van der Waals surface area contributed by atoms with Crippen LogP contribution >= 0.6 is 0 Å². The summed E-state index contributed by atoms with van der Waals surface area (Å²) in [5.41, 5.74) is 10.7. The van der Waals surface area contributed by atoms with Gasteiger partial charge in [0.25, 0.3) is 5.56 Å². The molecule has 3 heterocycles. The molecule has 0 radical (unpaired) electrons. The number of hydrogen-bond acceptors (Lipinski definition) is 5. The second kappa shape index (κ2) is 7.16. The van der Waals surface area contributed by atoms with Crippen molar-refractivity contribution in [2.75, 3.05) is 0 Å². The third-order valence-corrected chi connectivity index (χ3v) is 5.41. The maximum Gasteiger partial charge on any atom is 0.272 e. The first kappa shape index (κ1) is 18.7. The molecule has 0 aliphatic rings. The predicted molar refractivity (Wildman–Crippen MR) is 119 cm³/mol. The van der Waals surface area contributed by atoms with Crippen LogP contribution in [-0.2, 0) is 13.6 Å². The van der Waals surface area contributed by atoms with E-state index in [9.17, 15) is 4.79 Å². The quantitative estimate of drug-likeness (QED) is 0.445. The summed E-state index contributed by atoms with van der Waals surface area (Å²) in [6.07, 6.45) is 3.49. The highest BCUT2D eigenvalue weighted by atomic mass is 16.1. The van der Waals surface area contributed by atoms with Gasteiger partial charge in [0.1, 0.15) is 0 Å². The Morgan fingerprint density at radius 3 is 2.84 bits per heavy atom. The Bertz CT molecular complexity index is 1570. The van der Waals surface area contributed by atoms with E-state index in [1.165, 1.54) is 0 Å². The number of hydrogen-bond donors (Lipinski definition) is 2. The molecular formula is C23H17N7O. The largest absolute Gasteiger partial charge is 0.325 e. The van der Waals surface area contributed by atoms with Crippen molar-refractivity contribution in [2.24, 2.45) is 12.8 Å². The highest BCUT2D eigenvalue weighted by molar-refractivity contribution is 5.97. The molecule has 8 nitrogen and oxygen atoms in total. The number of nitrogens with one attached hydrogen (secondary N) is 1. The number of rotatable bonds is 3. The van der Waals surface area contributed by atoms with Gasteiger partial charge in [0, 0.05) is 36.3 Å². The van der Waals surface area contributed by atoms with Crippen LogP contribution in [0, 0.1) is 6.57 Å². The van der Waals surface area contributed by atoms with E-state index in [1.807, 2.05) is 43.4 Å². The van der Waals surface area contributed by atoms with Gasteiger partial charge in [-0.3, -0.25) is 14.5 Å². The molecule has 5 aromatic rings. The smallest absolute Gasteiger partial charge is 0.272 e. The zero-order valence-corrected chi connectivity index (χ0v) is 16.6. The van der Waals surface area contributed by atoms with E-state index in [2.05, 4.69) is 25.1 Å². The lowest BCUT2D eigenvalue weighted by molar-refractivity contribution is 0.776. The summed E-state index contributed by atoms with van der Waals surface area (Å²) in [7, 11) is 1.84. The van der Waals surface area contributed by atoms with Gasteiger partial charge >= 0.3 is 0 Å². The van der Waals surface area contributed by atoms with Crippen molar-refractivity contribution < 1.29 is 0 Å². The normalized spacial score (nSPS) is 11.1. The fourth-order valence-corrected chi connectivity index (χ4v) is 3.90. The van der Waals surface area contributed by atoms with Crippen LogP contribution in [0.15, 0.2) is 59.7 Å². The molecule has 0 spiro atoms. The van der Waals surface area contributed by atoms with E-state index in [1.54, 1.807) is 23.1 Å². The Morgan fingerprint density at radius 1 is 1.16 bits per heavy atom. The first-order chi connectivity index (χ1) is 15.1. The van der Waals surface area contributed by atoms with Crippen LogP contribution in [0.3, 0.4) is 0 Å². The molecule has 8 heteroatoms. The summed E-state index contributed by atoms with van der Waals surface area (Å²) >= 11 is 0. The van der Waals surface area contributed by atoms with Gasteiger partial charge in [-0.25, -0.2) is 9.94 Å². The average molecular weight is 407 g/mol. The van der Waals surface area contributed by atoms with Crippen LogP contribution in [-0.4, -0.2) is 25.0 Å². The molecule has 0 saturated heterocycles. The van der Waals surface area contributed by atoms with Crippen molar-refractivity contribution >= 4 is 27.4 Å². The molecular weight excluding hydrogens is 390 g/mol. The number of aromatic nitrogens is 5. The van der Waals surface area contributed by atoms with Crippen LogP contribution < -0.4 is 11.3 Å². The Balaban J connectivity index is 1.78. The van der Waals surface area contributed by atoms with Crippen molar-refractivity contribution in [2.45, 2.75) is 6.54 Å². The summed E-state index contributed by atoms with van der Waals surface area (Å²) in [5, 5.41) is 13.1. The predicted octanol–water partition coefficient (Wildman–Crippen LogP) is 3.55. The topological polar surface area (TPSA) is 107 Å². The lowest BCUT2D eigenvalue weighted by Gasteiger charge is -2.11. The van der Waals surface area contributed by atoms with E-state index in [0.29, 0.717) is 22.2 Å². The number of aryl methyl sites for hydroxylation is 1. The molecule has 0 aliphatic carbocycles. The summed E-state index contributed by atoms with van der Waals surface area (Å²) < 4.78 is 1.75. The molecule has 3 aromatic heterocycles. The van der Waals surface area contributed by atoms with Gasteiger partial charge in [-0.15, -0.1) is 0 Å². The minimum atomic E-state index is -0.263. The SMILES string of the molecule is [C-]#[N+]c1cc2cccnc2cc1-c1c(-c2ccc3c(=O)[nH]nc(CN)c3c2)cnn1C. The van der Waals surface area contributed by atoms with Crippen LogP contribution in [0.1, 0.15) is 5.69 Å². The van der Waals surface area contributed by atoms with Gasteiger partial charge in [0.15, 0.2) is 5.69 Å². The standard InChI is InChI=1S/C23H17N7O/c1-25-20-9-14-4-3-7-26-19(14)10-17(20)22-18(12-27-30(22)2)13-5-6-15-16(8-13)21(11-24)28-29-23(15)31/h3-10,12H,11,24H2,2H3,(H,29,31). The second-order valence-corrected chi connectivity index (χ2v) is 7.17. The minimum Gasteiger partial charge on any atom is -0.325 e. The summed E-state index contributed by atoms with van der Waals surface area (Å²) in [5.74, 6) is 0. The van der Waals surface area contributed by atoms with Gasteiger partial charge in [-0.1, -0.05) is 12.1 Å². The van der Waals surface area contributed by atoms with Crippen molar-refractivity contribution in [1.82, 2.24) is 25.0 Å². The van der Waals surface area contributed by atoms with Crippen LogP contribution in [0.4, 0.5) is 5.69 Å². The van der Waals surface area contributed by atoms with E-state index < -0.39 is 0 Å². The molecule has 3 N–H and O–H groups in total. The highest BCUT2D eigenvalue weighted by Gasteiger charge is 2.18. The molecule has 0 unspecified atom stereocenters. The van der Waals surface area contributed by atoms with E-state index in [-0.39, 0.29) is 12.1 Å². The van der Waals surface area contributed by atoms with Gasteiger partial charge < -0.3 is 5.73 Å². The third kappa shape index (κ3) is 2.96. The molecule has 0 saturated carbocycles. The monoisotopic (exact) mass is 407 g/mol. The maximum atomic E-state index is 12.2. The van der Waals surface area contributed by atoms with Gasteiger partial charge in [-0.2, -0.15) is 10.2 Å². The Kier molecular flexibility index (Phi) is 4.31.